The third-order valence-electron chi connectivity index (χ3n) is 3.44. The lowest BCUT2D eigenvalue weighted by Gasteiger charge is -2.15. The number of nitrogens with one attached hydrogen (secondary N) is 1. The summed E-state index contributed by atoms with van der Waals surface area (Å²) in [5.74, 6) is 1.12. The fraction of sp³-hybridized carbons (Fsp3) is 0.538. The van der Waals surface area contributed by atoms with E-state index in [-0.39, 0.29) is 0 Å². The van der Waals surface area contributed by atoms with Gasteiger partial charge in [-0.15, -0.1) is 0 Å². The van der Waals surface area contributed by atoms with Crippen LogP contribution in [0.2, 0.25) is 0 Å². The lowest BCUT2D eigenvalue weighted by molar-refractivity contribution is 0.208. The molecule has 0 amide bonds. The molecule has 2 aliphatic rings. The third kappa shape index (κ3) is 1.74. The van der Waals surface area contributed by atoms with E-state index in [1.54, 1.807) is 0 Å². The molecule has 15 heavy (non-hydrogen) atoms. The van der Waals surface area contributed by atoms with Gasteiger partial charge in [0.05, 0.1) is 6.10 Å². The van der Waals surface area contributed by atoms with Crippen LogP contribution in [0.4, 0.5) is 0 Å². The second-order valence-electron chi connectivity index (χ2n) is 4.52. The molecule has 0 atom stereocenters. The number of ether oxygens (including phenoxy) is 1. The Bertz CT molecular complexity index is 356. The minimum Gasteiger partial charge on any atom is -0.490 e. The highest BCUT2D eigenvalue weighted by atomic mass is 16.5. The molecule has 0 saturated heterocycles. The van der Waals surface area contributed by atoms with Crippen molar-refractivity contribution in [3.8, 4) is 5.75 Å². The van der Waals surface area contributed by atoms with Crippen molar-refractivity contribution in [1.29, 1.82) is 0 Å². The second-order valence-corrected chi connectivity index (χ2v) is 4.52. The van der Waals surface area contributed by atoms with Crippen LogP contribution in [0.5, 0.6) is 5.75 Å². The Labute approximate surface area is 90.6 Å². The summed E-state index contributed by atoms with van der Waals surface area (Å²) in [4.78, 5) is 0. The monoisotopic (exact) mass is 203 g/mol. The fourth-order valence-electron chi connectivity index (χ4n) is 2.60. The van der Waals surface area contributed by atoms with Crippen molar-refractivity contribution in [3.63, 3.8) is 0 Å². The molecule has 1 heterocycles. The van der Waals surface area contributed by atoms with Crippen molar-refractivity contribution in [1.82, 2.24) is 5.32 Å². The molecule has 0 unspecified atom stereocenters. The zero-order valence-corrected chi connectivity index (χ0v) is 8.96. The number of fused-ring (bicyclic) bond motifs is 1. The average molecular weight is 203 g/mol. The predicted octanol–water partition coefficient (Wildman–Crippen LogP) is 2.61. The van der Waals surface area contributed by atoms with E-state index in [0.717, 1.165) is 18.8 Å². The van der Waals surface area contributed by atoms with Gasteiger partial charge in [-0.3, -0.25) is 0 Å². The number of benzene rings is 1. The molecule has 0 radical (unpaired) electrons. The van der Waals surface area contributed by atoms with Crippen LogP contribution >= 0.6 is 0 Å². The van der Waals surface area contributed by atoms with Gasteiger partial charge in [0, 0.05) is 18.7 Å². The Balaban J connectivity index is 1.82. The van der Waals surface area contributed by atoms with E-state index in [1.807, 2.05) is 0 Å². The van der Waals surface area contributed by atoms with E-state index in [9.17, 15) is 0 Å². The second kappa shape index (κ2) is 3.86. The maximum absolute atomic E-state index is 6.08. The Kier molecular flexibility index (Phi) is 2.37. The highest BCUT2D eigenvalue weighted by molar-refractivity contribution is 5.42. The summed E-state index contributed by atoms with van der Waals surface area (Å²) in [7, 11) is 0. The first-order valence-electron chi connectivity index (χ1n) is 5.91. The summed E-state index contributed by atoms with van der Waals surface area (Å²) < 4.78 is 6.08. The van der Waals surface area contributed by atoms with Gasteiger partial charge in [0.15, 0.2) is 0 Å². The molecule has 2 nitrogen and oxygen atoms in total. The van der Waals surface area contributed by atoms with Crippen LogP contribution in [0.25, 0.3) is 0 Å². The summed E-state index contributed by atoms with van der Waals surface area (Å²) in [6.07, 6.45) is 5.60. The van der Waals surface area contributed by atoms with E-state index in [4.69, 9.17) is 4.74 Å². The van der Waals surface area contributed by atoms with E-state index in [1.165, 1.54) is 36.8 Å². The molecule has 80 valence electrons. The first kappa shape index (κ1) is 9.22. The summed E-state index contributed by atoms with van der Waals surface area (Å²) in [6.45, 7) is 1.97. The summed E-state index contributed by atoms with van der Waals surface area (Å²) in [5.41, 5.74) is 2.79. The summed E-state index contributed by atoms with van der Waals surface area (Å²) >= 11 is 0. The molecule has 0 bridgehead atoms. The zero-order chi connectivity index (χ0) is 10.1. The van der Waals surface area contributed by atoms with E-state index in [2.05, 4.69) is 23.5 Å². The minimum atomic E-state index is 0.470. The van der Waals surface area contributed by atoms with Crippen LogP contribution in [0.1, 0.15) is 36.8 Å². The van der Waals surface area contributed by atoms with Gasteiger partial charge in [-0.2, -0.15) is 0 Å². The van der Waals surface area contributed by atoms with E-state index in [0.29, 0.717) is 6.10 Å². The van der Waals surface area contributed by atoms with Crippen LogP contribution in [-0.4, -0.2) is 6.10 Å². The van der Waals surface area contributed by atoms with Gasteiger partial charge in [-0.1, -0.05) is 12.1 Å². The lowest BCUT2D eigenvalue weighted by atomic mass is 10.1. The molecule has 1 aliphatic heterocycles. The molecule has 1 aliphatic carbocycles. The zero-order valence-electron chi connectivity index (χ0n) is 8.96. The van der Waals surface area contributed by atoms with Gasteiger partial charge >= 0.3 is 0 Å². The number of hydrogen-bond acceptors (Lipinski definition) is 2. The van der Waals surface area contributed by atoms with Crippen molar-refractivity contribution in [3.05, 3.63) is 29.3 Å². The van der Waals surface area contributed by atoms with Crippen molar-refractivity contribution in [2.45, 2.75) is 44.9 Å². The topological polar surface area (TPSA) is 21.3 Å². The highest BCUT2D eigenvalue weighted by Gasteiger charge is 2.20. The van der Waals surface area contributed by atoms with Crippen LogP contribution in [0, 0.1) is 0 Å². The van der Waals surface area contributed by atoms with Gasteiger partial charge in [0.25, 0.3) is 0 Å². The smallest absolute Gasteiger partial charge is 0.124 e. The molecular weight excluding hydrogens is 186 g/mol. The minimum absolute atomic E-state index is 0.470. The third-order valence-corrected chi connectivity index (χ3v) is 3.44. The highest BCUT2D eigenvalue weighted by Crippen LogP contribution is 2.30. The van der Waals surface area contributed by atoms with Crippen LogP contribution in [0.3, 0.4) is 0 Å². The molecular formula is C13H17NO. The van der Waals surface area contributed by atoms with Crippen LogP contribution < -0.4 is 10.1 Å². The predicted molar refractivity (Wildman–Crippen MR) is 59.9 cm³/mol. The Hall–Kier alpha value is -1.02. The first-order valence-corrected chi connectivity index (χ1v) is 5.91. The average Bonchev–Trinajstić information content (AvgIpc) is 2.87. The fourth-order valence-corrected chi connectivity index (χ4v) is 2.60. The van der Waals surface area contributed by atoms with Crippen molar-refractivity contribution in [2.24, 2.45) is 0 Å². The molecule has 0 spiro atoms. The van der Waals surface area contributed by atoms with Gasteiger partial charge in [-0.25, -0.2) is 0 Å². The molecule has 1 aromatic rings. The summed E-state index contributed by atoms with van der Waals surface area (Å²) in [6, 6.07) is 6.41. The largest absolute Gasteiger partial charge is 0.490 e. The van der Waals surface area contributed by atoms with E-state index < -0.39 is 0 Å². The Morgan fingerprint density at radius 3 is 2.87 bits per heavy atom. The van der Waals surface area contributed by atoms with E-state index >= 15 is 0 Å². The quantitative estimate of drug-likeness (QED) is 0.797. The van der Waals surface area contributed by atoms with Crippen LogP contribution in [0.15, 0.2) is 18.2 Å². The van der Waals surface area contributed by atoms with Gasteiger partial charge in [-0.05, 0) is 37.3 Å². The summed E-state index contributed by atoms with van der Waals surface area (Å²) in [5, 5.41) is 3.37. The molecule has 0 aromatic heterocycles. The molecule has 1 saturated carbocycles. The molecule has 1 aromatic carbocycles. The Morgan fingerprint density at radius 2 is 2.00 bits per heavy atom. The maximum Gasteiger partial charge on any atom is 0.124 e. The normalized spacial score (nSPS) is 20.5. The van der Waals surface area contributed by atoms with Crippen LogP contribution in [-0.2, 0) is 13.1 Å². The number of hydrogen-bond donors (Lipinski definition) is 1. The van der Waals surface area contributed by atoms with Crippen molar-refractivity contribution >= 4 is 0 Å². The molecule has 1 fully saturated rings. The first-order chi connectivity index (χ1) is 7.43. The van der Waals surface area contributed by atoms with Crippen molar-refractivity contribution in [2.75, 3.05) is 0 Å². The van der Waals surface area contributed by atoms with Gasteiger partial charge < -0.3 is 10.1 Å². The maximum atomic E-state index is 6.08. The van der Waals surface area contributed by atoms with Gasteiger partial charge in [0.2, 0.25) is 0 Å². The lowest BCUT2D eigenvalue weighted by Crippen LogP contribution is -2.12. The Morgan fingerprint density at radius 1 is 1.13 bits per heavy atom. The molecule has 3 rings (SSSR count). The number of rotatable bonds is 2. The van der Waals surface area contributed by atoms with Crippen molar-refractivity contribution < 1.29 is 4.74 Å². The molecule has 1 N–H and O–H groups in total. The van der Waals surface area contributed by atoms with Gasteiger partial charge in [0.1, 0.15) is 5.75 Å². The standard InChI is InChI=1S/C13H17NO/c1-2-6-11(5-1)15-13-7-3-4-10-8-14-9-12(10)13/h3-4,7,11,14H,1-2,5-6,8-9H2. The SMILES string of the molecule is c1cc2c(c(OC3CCCC3)c1)CNC2. The molecule has 2 heteroatoms.